The van der Waals surface area contributed by atoms with Crippen LogP contribution in [0.4, 0.5) is 5.69 Å². The largest absolute Gasteiger partial charge is 0.504 e. The monoisotopic (exact) mass is 516 g/mol. The number of esters is 1. The smallest absolute Gasteiger partial charge is 0.337 e. The first-order valence-electron chi connectivity index (χ1n) is 14.0. The van der Waals surface area contributed by atoms with E-state index in [1.54, 1.807) is 13.4 Å². The van der Waals surface area contributed by atoms with E-state index in [2.05, 4.69) is 60.5 Å². The Morgan fingerprint density at radius 3 is 2.66 bits per heavy atom. The topological polar surface area (TPSA) is 67.9 Å². The third-order valence-corrected chi connectivity index (χ3v) is 9.08. The Morgan fingerprint density at radius 2 is 1.95 bits per heavy atom. The van der Waals surface area contributed by atoms with Crippen LogP contribution in [0, 0.1) is 18.8 Å². The molecule has 6 nitrogen and oxygen atoms in total. The summed E-state index contributed by atoms with van der Waals surface area (Å²) in [7, 11) is 2.98. The maximum atomic E-state index is 14.3. The van der Waals surface area contributed by atoms with E-state index in [0.717, 1.165) is 68.4 Å². The van der Waals surface area contributed by atoms with Gasteiger partial charge >= 0.3 is 5.97 Å². The Kier molecular flexibility index (Phi) is 7.62. The lowest BCUT2D eigenvalue weighted by Crippen LogP contribution is -2.57. The van der Waals surface area contributed by atoms with Gasteiger partial charge in [0.1, 0.15) is 5.54 Å². The Hall–Kier alpha value is -3.12. The SMILES string of the molecule is CC[C@@H]1CN2CC[C@]3(Nc4cccc(CCCc5ccc(C)cc5)c4C3=O)[C@@H]2C[C@@H]1/C(=C\OC)C(=O)OC. The van der Waals surface area contributed by atoms with Crippen molar-refractivity contribution in [2.75, 3.05) is 32.6 Å². The molecule has 6 heteroatoms. The molecule has 3 aliphatic heterocycles. The molecule has 0 bridgehead atoms. The number of hydrogen-bond acceptors (Lipinski definition) is 6. The van der Waals surface area contributed by atoms with Gasteiger partial charge in [0.25, 0.3) is 0 Å². The summed E-state index contributed by atoms with van der Waals surface area (Å²) in [5.41, 5.74) is 5.49. The number of ketones is 1. The summed E-state index contributed by atoms with van der Waals surface area (Å²) in [4.78, 5) is 29.5. The molecule has 3 aliphatic rings. The Bertz CT molecular complexity index is 1220. The third-order valence-electron chi connectivity index (χ3n) is 9.08. The van der Waals surface area contributed by atoms with Gasteiger partial charge in [-0.25, -0.2) is 4.79 Å². The molecule has 0 aliphatic carbocycles. The molecule has 0 amide bonds. The van der Waals surface area contributed by atoms with E-state index in [1.165, 1.54) is 18.2 Å². The number of benzene rings is 2. The molecular weight excluding hydrogens is 476 g/mol. The number of anilines is 1. The molecule has 2 fully saturated rings. The number of methoxy groups -OCH3 is 2. The zero-order chi connectivity index (χ0) is 26.9. The molecule has 0 saturated carbocycles. The van der Waals surface area contributed by atoms with Crippen molar-refractivity contribution < 1.29 is 19.1 Å². The predicted molar refractivity (Wildman–Crippen MR) is 149 cm³/mol. The van der Waals surface area contributed by atoms with E-state index in [-0.39, 0.29) is 23.7 Å². The predicted octanol–water partition coefficient (Wildman–Crippen LogP) is 5.34. The van der Waals surface area contributed by atoms with E-state index < -0.39 is 5.54 Å². The van der Waals surface area contributed by atoms with Gasteiger partial charge in [-0.15, -0.1) is 0 Å². The average molecular weight is 517 g/mol. The van der Waals surface area contributed by atoms with Crippen molar-refractivity contribution in [3.05, 3.63) is 76.6 Å². The zero-order valence-corrected chi connectivity index (χ0v) is 23.1. The minimum atomic E-state index is -0.652. The van der Waals surface area contributed by atoms with E-state index in [1.807, 2.05) is 6.07 Å². The molecule has 3 heterocycles. The fourth-order valence-electron chi connectivity index (χ4n) is 7.06. The van der Waals surface area contributed by atoms with E-state index >= 15 is 0 Å². The average Bonchev–Trinajstić information content (AvgIpc) is 3.44. The minimum Gasteiger partial charge on any atom is -0.504 e. The van der Waals surface area contributed by atoms with Gasteiger partial charge in [-0.2, -0.15) is 0 Å². The number of rotatable bonds is 8. The lowest BCUT2D eigenvalue weighted by atomic mass is 9.71. The number of carbonyl (C=O) groups excluding carboxylic acids is 2. The molecule has 0 unspecified atom stereocenters. The minimum absolute atomic E-state index is 0.0144. The summed E-state index contributed by atoms with van der Waals surface area (Å²) in [5.74, 6) is 0.157. The van der Waals surface area contributed by atoms with Crippen molar-refractivity contribution in [3.63, 3.8) is 0 Å². The van der Waals surface area contributed by atoms with Crippen molar-refractivity contribution in [2.45, 2.75) is 64.0 Å². The van der Waals surface area contributed by atoms with Crippen LogP contribution in [0.3, 0.4) is 0 Å². The van der Waals surface area contributed by atoms with Crippen molar-refractivity contribution in [1.82, 2.24) is 4.90 Å². The number of piperidine rings is 1. The molecule has 1 spiro atoms. The number of Topliss-reactive ketones (excluding diaryl/α,β-unsaturated/α-hetero) is 1. The Labute approximate surface area is 226 Å². The van der Waals surface area contributed by atoms with Gasteiger partial charge in [0.15, 0.2) is 5.78 Å². The fraction of sp³-hybridized carbons (Fsp3) is 0.500. The summed E-state index contributed by atoms with van der Waals surface area (Å²) >= 11 is 0. The van der Waals surface area contributed by atoms with Crippen molar-refractivity contribution in [3.8, 4) is 0 Å². The van der Waals surface area contributed by atoms with Crippen LogP contribution in [0.25, 0.3) is 0 Å². The highest BCUT2D eigenvalue weighted by Crippen LogP contribution is 2.49. The summed E-state index contributed by atoms with van der Waals surface area (Å²) in [6.45, 7) is 6.02. The standard InChI is InChI=1S/C32H40N2O4/c1-5-23-19-34-17-16-32(28(34)18-25(23)26(20-37-3)31(36)38-4)30(35)29-24(10-7-11-27(29)33-32)9-6-8-22-14-12-21(2)13-15-22/h7,10-15,20,23,25,28,33H,5-6,8-9,16-19H2,1-4H3/b26-20+/t23-,25+,28+,32+/m1/s1. The van der Waals surface area contributed by atoms with Crippen LogP contribution < -0.4 is 5.32 Å². The quantitative estimate of drug-likeness (QED) is 0.290. The maximum absolute atomic E-state index is 14.3. The van der Waals surface area contributed by atoms with Crippen LogP contribution in [0.1, 0.15) is 59.7 Å². The second kappa shape index (κ2) is 10.9. The van der Waals surface area contributed by atoms with E-state index in [9.17, 15) is 9.59 Å². The molecule has 0 radical (unpaired) electrons. The lowest BCUT2D eigenvalue weighted by molar-refractivity contribution is -0.137. The molecule has 0 aromatic heterocycles. The first kappa shape index (κ1) is 26.5. The van der Waals surface area contributed by atoms with Crippen molar-refractivity contribution in [2.24, 2.45) is 11.8 Å². The van der Waals surface area contributed by atoms with E-state index in [4.69, 9.17) is 9.47 Å². The molecule has 202 valence electrons. The van der Waals surface area contributed by atoms with Gasteiger partial charge in [0.2, 0.25) is 0 Å². The van der Waals surface area contributed by atoms with Gasteiger partial charge in [0, 0.05) is 30.4 Å². The third kappa shape index (κ3) is 4.64. The summed E-state index contributed by atoms with van der Waals surface area (Å²) < 4.78 is 10.4. The highest BCUT2D eigenvalue weighted by molar-refractivity contribution is 6.15. The van der Waals surface area contributed by atoms with Crippen molar-refractivity contribution in [1.29, 1.82) is 0 Å². The molecular formula is C32H40N2O4. The molecule has 5 rings (SSSR count). The number of carbonyl (C=O) groups is 2. The van der Waals surface area contributed by atoms with Gasteiger partial charge in [-0.1, -0.05) is 55.3 Å². The van der Waals surface area contributed by atoms with Gasteiger partial charge in [0.05, 0.1) is 26.1 Å². The molecule has 2 aromatic rings. The molecule has 2 saturated heterocycles. The van der Waals surface area contributed by atoms with Gasteiger partial charge in [-0.3, -0.25) is 9.69 Å². The number of ether oxygens (including phenoxy) is 2. The number of aryl methyl sites for hydroxylation is 3. The molecule has 38 heavy (non-hydrogen) atoms. The lowest BCUT2D eigenvalue weighted by Gasteiger charge is -2.45. The van der Waals surface area contributed by atoms with E-state index in [0.29, 0.717) is 11.5 Å². The first-order valence-corrected chi connectivity index (χ1v) is 14.0. The van der Waals surface area contributed by atoms with Crippen LogP contribution in [-0.4, -0.2) is 55.5 Å². The normalized spacial score (nSPS) is 26.7. The summed E-state index contributed by atoms with van der Waals surface area (Å²) in [5, 5.41) is 3.72. The summed E-state index contributed by atoms with van der Waals surface area (Å²) in [6, 6.07) is 15.0. The zero-order valence-electron chi connectivity index (χ0n) is 23.1. The first-order chi connectivity index (χ1) is 18.4. The van der Waals surface area contributed by atoms with Crippen LogP contribution in [0.5, 0.6) is 0 Å². The Balaban J connectivity index is 1.38. The van der Waals surface area contributed by atoms with Crippen LogP contribution in [0.2, 0.25) is 0 Å². The van der Waals surface area contributed by atoms with Gasteiger partial charge in [-0.05, 0) is 68.1 Å². The second-order valence-corrected chi connectivity index (χ2v) is 11.2. The van der Waals surface area contributed by atoms with Crippen molar-refractivity contribution >= 4 is 17.4 Å². The molecule has 2 aromatic carbocycles. The van der Waals surface area contributed by atoms with Crippen LogP contribution >= 0.6 is 0 Å². The summed E-state index contributed by atoms with van der Waals surface area (Å²) in [6.07, 6.45) is 6.86. The molecule has 1 N–H and O–H groups in total. The number of nitrogens with one attached hydrogen (secondary N) is 1. The highest BCUT2D eigenvalue weighted by Gasteiger charge is 2.59. The van der Waals surface area contributed by atoms with Crippen LogP contribution in [-0.2, 0) is 27.1 Å². The Morgan fingerprint density at radius 1 is 1.16 bits per heavy atom. The molecule has 4 atom stereocenters. The van der Waals surface area contributed by atoms with Gasteiger partial charge < -0.3 is 14.8 Å². The maximum Gasteiger partial charge on any atom is 0.337 e. The number of fused-ring (bicyclic) bond motifs is 3. The highest BCUT2D eigenvalue weighted by atomic mass is 16.5. The second-order valence-electron chi connectivity index (χ2n) is 11.2. The number of hydrogen-bond donors (Lipinski definition) is 1. The fourth-order valence-corrected chi connectivity index (χ4v) is 7.06. The number of nitrogens with zero attached hydrogens (tertiary/aromatic N) is 1. The van der Waals surface area contributed by atoms with Crippen LogP contribution in [0.15, 0.2) is 54.3 Å².